The van der Waals surface area contributed by atoms with E-state index in [1.807, 2.05) is 43.3 Å². The molecule has 5 nitrogen and oxygen atoms in total. The van der Waals surface area contributed by atoms with Crippen LogP contribution in [0.3, 0.4) is 0 Å². The van der Waals surface area contributed by atoms with Gasteiger partial charge in [-0.15, -0.1) is 0 Å². The summed E-state index contributed by atoms with van der Waals surface area (Å²) in [4.78, 5) is 30.0. The highest BCUT2D eigenvalue weighted by atomic mass is 16.5. The number of hydrogen-bond donors (Lipinski definition) is 0. The summed E-state index contributed by atoms with van der Waals surface area (Å²) in [6.07, 6.45) is 18.9. The summed E-state index contributed by atoms with van der Waals surface area (Å²) in [5.41, 5.74) is 5.77. The average Bonchev–Trinajstić information content (AvgIpc) is 3.47. The highest BCUT2D eigenvalue weighted by molar-refractivity contribution is 5.91. The number of aliphatic imine (C=N–C) groups is 1. The van der Waals surface area contributed by atoms with Crippen LogP contribution in [0, 0.1) is 53.3 Å². The molecule has 0 amide bonds. The molecule has 276 valence electrons. The molecule has 2 aromatic rings. The fourth-order valence-corrected chi connectivity index (χ4v) is 10.9. The molecule has 2 aromatic carbocycles. The van der Waals surface area contributed by atoms with Gasteiger partial charge in [-0.1, -0.05) is 95.4 Å². The summed E-state index contributed by atoms with van der Waals surface area (Å²) < 4.78 is 11.5. The molecule has 0 bridgehead atoms. The van der Waals surface area contributed by atoms with Gasteiger partial charge in [0.2, 0.25) is 0 Å². The maximum atomic E-state index is 12.9. The predicted molar refractivity (Wildman–Crippen MR) is 207 cm³/mol. The number of benzene rings is 2. The minimum absolute atomic E-state index is 0.0413. The molecule has 8 atom stereocenters. The molecule has 4 aliphatic rings. The molecule has 0 aliphatic heterocycles. The molecule has 3 fully saturated rings. The quantitative estimate of drug-likeness (QED) is 0.0906. The average molecular weight is 694 g/mol. The number of rotatable bonds is 13. The van der Waals surface area contributed by atoms with Crippen LogP contribution in [0.15, 0.2) is 65.2 Å². The van der Waals surface area contributed by atoms with E-state index in [1.54, 1.807) is 23.9 Å². The highest BCUT2D eigenvalue weighted by Gasteiger charge is 2.59. The van der Waals surface area contributed by atoms with E-state index in [0.717, 1.165) is 66.0 Å². The lowest BCUT2D eigenvalue weighted by molar-refractivity contribution is -0.151. The fourth-order valence-electron chi connectivity index (χ4n) is 10.9. The Kier molecular flexibility index (Phi) is 11.9. The Morgan fingerprint density at radius 3 is 2.41 bits per heavy atom. The number of ether oxygens (including phenoxy) is 2. The van der Waals surface area contributed by atoms with Crippen molar-refractivity contribution in [1.29, 1.82) is 0 Å². The third-order valence-electron chi connectivity index (χ3n) is 13.9. The first kappa shape index (κ1) is 37.5. The maximum absolute atomic E-state index is 12.9. The summed E-state index contributed by atoms with van der Waals surface area (Å²) in [6, 6.07) is 15.2. The van der Waals surface area contributed by atoms with Crippen molar-refractivity contribution in [3.05, 3.63) is 76.9 Å². The number of fused-ring (bicyclic) bond motifs is 5. The maximum Gasteiger partial charge on any atom is 0.338 e. The first-order chi connectivity index (χ1) is 24.5. The summed E-state index contributed by atoms with van der Waals surface area (Å²) in [7, 11) is 0. The molecule has 4 aliphatic carbocycles. The van der Waals surface area contributed by atoms with Gasteiger partial charge in [0.1, 0.15) is 6.10 Å². The molecular weight excluding hydrogens is 631 g/mol. The lowest BCUT2D eigenvalue weighted by Gasteiger charge is -2.58. The minimum atomic E-state index is -0.383. The van der Waals surface area contributed by atoms with Crippen LogP contribution in [-0.4, -0.2) is 30.9 Å². The van der Waals surface area contributed by atoms with Crippen molar-refractivity contribution in [2.45, 2.75) is 131 Å². The van der Waals surface area contributed by atoms with Gasteiger partial charge in [0, 0.05) is 19.1 Å². The molecule has 0 saturated heterocycles. The standard InChI is InChI=1S/C46H63NO4/c1-31(2)9-7-10-33(4)40-22-23-41-39-21-18-36-29-38(24-26-45(36,5)42(39)25-27-46(40,41)6)51-43(48)11-8-28-50-44(49)35-16-14-34(15-17-35)30-47-37-19-12-32(3)13-20-37/h12-20,30-31,33,38-42H,7-11,21-29H2,1-6H3/t33-,38+,39+,40-,41+,42+,45+,46-/m1/s1. The number of aryl methyl sites for hydroxylation is 1. The van der Waals surface area contributed by atoms with Crippen molar-refractivity contribution in [2.75, 3.05) is 6.61 Å². The summed E-state index contributed by atoms with van der Waals surface area (Å²) in [5, 5.41) is 0. The number of esters is 2. The zero-order valence-electron chi connectivity index (χ0n) is 32.3. The topological polar surface area (TPSA) is 65.0 Å². The Hall–Kier alpha value is -3.21. The summed E-state index contributed by atoms with van der Waals surface area (Å²) in [6.45, 7) is 14.7. The number of carbonyl (C=O) groups is 2. The van der Waals surface area contributed by atoms with Gasteiger partial charge < -0.3 is 9.47 Å². The second-order valence-electron chi connectivity index (χ2n) is 17.6. The van der Waals surface area contributed by atoms with Crippen molar-refractivity contribution < 1.29 is 19.1 Å². The Morgan fingerprint density at radius 1 is 0.902 bits per heavy atom. The predicted octanol–water partition coefficient (Wildman–Crippen LogP) is 11.6. The highest BCUT2D eigenvalue weighted by Crippen LogP contribution is 2.67. The second kappa shape index (κ2) is 16.2. The normalized spacial score (nSPS) is 30.6. The largest absolute Gasteiger partial charge is 0.462 e. The van der Waals surface area contributed by atoms with E-state index in [9.17, 15) is 9.59 Å². The van der Waals surface area contributed by atoms with Gasteiger partial charge in [-0.05, 0) is 134 Å². The molecule has 0 radical (unpaired) electrons. The van der Waals surface area contributed by atoms with Gasteiger partial charge in [0.05, 0.1) is 17.9 Å². The summed E-state index contributed by atoms with van der Waals surface area (Å²) in [5.74, 6) is 4.40. The van der Waals surface area contributed by atoms with E-state index in [2.05, 4.69) is 45.7 Å². The van der Waals surface area contributed by atoms with Crippen molar-refractivity contribution in [2.24, 2.45) is 51.3 Å². The minimum Gasteiger partial charge on any atom is -0.462 e. The third kappa shape index (κ3) is 8.55. The van der Waals surface area contributed by atoms with Crippen LogP contribution in [0.4, 0.5) is 5.69 Å². The number of allylic oxidation sites excluding steroid dienone is 1. The van der Waals surface area contributed by atoms with E-state index in [-0.39, 0.29) is 36.5 Å². The lowest BCUT2D eigenvalue weighted by Crippen LogP contribution is -2.51. The van der Waals surface area contributed by atoms with Gasteiger partial charge in [-0.25, -0.2) is 4.79 Å². The number of nitrogens with zero attached hydrogens (tertiary/aromatic N) is 1. The van der Waals surface area contributed by atoms with Gasteiger partial charge >= 0.3 is 11.9 Å². The Labute approximate surface area is 308 Å². The Balaban J connectivity index is 0.935. The van der Waals surface area contributed by atoms with Crippen molar-refractivity contribution >= 4 is 23.8 Å². The van der Waals surface area contributed by atoms with E-state index in [0.29, 0.717) is 17.4 Å². The van der Waals surface area contributed by atoms with Crippen LogP contribution in [0.2, 0.25) is 0 Å². The van der Waals surface area contributed by atoms with Gasteiger partial charge in [0.15, 0.2) is 0 Å². The van der Waals surface area contributed by atoms with Gasteiger partial charge in [0.25, 0.3) is 0 Å². The van der Waals surface area contributed by atoms with E-state index in [1.165, 1.54) is 56.9 Å². The zero-order chi connectivity index (χ0) is 36.2. The van der Waals surface area contributed by atoms with Crippen LogP contribution in [-0.2, 0) is 14.3 Å². The molecule has 0 heterocycles. The molecule has 0 N–H and O–H groups in total. The smallest absolute Gasteiger partial charge is 0.338 e. The van der Waals surface area contributed by atoms with Gasteiger partial charge in [-0.3, -0.25) is 9.79 Å². The van der Waals surface area contributed by atoms with Crippen molar-refractivity contribution in [3.8, 4) is 0 Å². The SMILES string of the molecule is Cc1ccc(N=Cc2ccc(C(=O)OCCCC(=O)O[C@H]3CC[C@@]4(C)C(=CC[C@H]5[C@@H]6CC[C@H]([C@H](C)CCCC(C)C)[C@@]6(C)CC[C@@H]54)C3)cc2)cc1. The van der Waals surface area contributed by atoms with Crippen LogP contribution < -0.4 is 0 Å². The van der Waals surface area contributed by atoms with Crippen molar-refractivity contribution in [1.82, 2.24) is 0 Å². The van der Waals surface area contributed by atoms with Crippen molar-refractivity contribution in [3.63, 3.8) is 0 Å². The molecule has 3 saturated carbocycles. The van der Waals surface area contributed by atoms with E-state index >= 15 is 0 Å². The van der Waals surface area contributed by atoms with E-state index in [4.69, 9.17) is 9.47 Å². The monoisotopic (exact) mass is 693 g/mol. The Bertz CT molecular complexity index is 1560. The zero-order valence-corrected chi connectivity index (χ0v) is 32.3. The number of carbonyl (C=O) groups excluding carboxylic acids is 2. The number of hydrogen-bond acceptors (Lipinski definition) is 5. The molecular formula is C46H63NO4. The molecule has 6 rings (SSSR count). The van der Waals surface area contributed by atoms with Crippen LogP contribution in [0.5, 0.6) is 0 Å². The van der Waals surface area contributed by atoms with Crippen LogP contribution in [0.25, 0.3) is 0 Å². The third-order valence-corrected chi connectivity index (χ3v) is 13.9. The first-order valence-corrected chi connectivity index (χ1v) is 20.2. The first-order valence-electron chi connectivity index (χ1n) is 20.2. The molecule has 0 aromatic heterocycles. The second-order valence-corrected chi connectivity index (χ2v) is 17.6. The Morgan fingerprint density at radius 2 is 1.67 bits per heavy atom. The molecule has 51 heavy (non-hydrogen) atoms. The summed E-state index contributed by atoms with van der Waals surface area (Å²) >= 11 is 0. The van der Waals surface area contributed by atoms with Crippen LogP contribution >= 0.6 is 0 Å². The van der Waals surface area contributed by atoms with E-state index < -0.39 is 0 Å². The molecule has 5 heteroatoms. The van der Waals surface area contributed by atoms with Gasteiger partial charge in [-0.2, -0.15) is 0 Å². The molecule has 0 spiro atoms. The fraction of sp³-hybridized carbons (Fsp3) is 0.630. The molecule has 0 unspecified atom stereocenters. The lowest BCUT2D eigenvalue weighted by atomic mass is 9.47. The van der Waals surface area contributed by atoms with Crippen LogP contribution in [0.1, 0.15) is 140 Å².